The van der Waals surface area contributed by atoms with Crippen LogP contribution in [0, 0.1) is 0 Å². The molecule has 0 aliphatic carbocycles. The van der Waals surface area contributed by atoms with Crippen molar-refractivity contribution in [2.24, 2.45) is 0 Å². The van der Waals surface area contributed by atoms with E-state index in [-0.39, 0.29) is 5.91 Å². The van der Waals surface area contributed by atoms with Crippen molar-refractivity contribution >= 4 is 40.2 Å². The SMILES string of the molecule is CCOc1cc(C=CC(=O)Nc2nnc(SCC)s2)ccc1OC. The van der Waals surface area contributed by atoms with Crippen molar-refractivity contribution in [2.45, 2.75) is 18.2 Å². The number of rotatable bonds is 8. The number of hydrogen-bond donors (Lipinski definition) is 1. The molecule has 1 aromatic heterocycles. The topological polar surface area (TPSA) is 73.3 Å². The van der Waals surface area contributed by atoms with E-state index in [1.165, 1.54) is 17.4 Å². The summed E-state index contributed by atoms with van der Waals surface area (Å²) in [4.78, 5) is 12.0. The van der Waals surface area contributed by atoms with Crippen LogP contribution in [0.15, 0.2) is 28.6 Å². The highest BCUT2D eigenvalue weighted by molar-refractivity contribution is 8.01. The van der Waals surface area contributed by atoms with Gasteiger partial charge in [-0.15, -0.1) is 10.2 Å². The molecule has 0 radical (unpaired) electrons. The lowest BCUT2D eigenvalue weighted by atomic mass is 10.2. The highest BCUT2D eigenvalue weighted by atomic mass is 32.2. The van der Waals surface area contributed by atoms with Crippen LogP contribution >= 0.6 is 23.1 Å². The van der Waals surface area contributed by atoms with Gasteiger partial charge in [0.25, 0.3) is 0 Å². The number of methoxy groups -OCH3 is 1. The second-order valence-corrected chi connectivity index (χ2v) is 6.96. The molecule has 0 unspecified atom stereocenters. The number of nitrogens with one attached hydrogen (secondary N) is 1. The van der Waals surface area contributed by atoms with Crippen LogP contribution in [0.25, 0.3) is 6.08 Å². The number of carbonyl (C=O) groups excluding carboxylic acids is 1. The number of amides is 1. The first kappa shape index (κ1) is 18.3. The summed E-state index contributed by atoms with van der Waals surface area (Å²) < 4.78 is 11.6. The van der Waals surface area contributed by atoms with Gasteiger partial charge in [-0.25, -0.2) is 0 Å². The van der Waals surface area contributed by atoms with Crippen molar-refractivity contribution in [2.75, 3.05) is 24.8 Å². The summed E-state index contributed by atoms with van der Waals surface area (Å²) in [7, 11) is 1.59. The molecule has 0 spiro atoms. The lowest BCUT2D eigenvalue weighted by Gasteiger charge is -2.09. The Morgan fingerprint density at radius 1 is 1.33 bits per heavy atom. The van der Waals surface area contributed by atoms with E-state index in [1.54, 1.807) is 24.9 Å². The highest BCUT2D eigenvalue weighted by Crippen LogP contribution is 2.28. The molecule has 1 aromatic carbocycles. The van der Waals surface area contributed by atoms with Crippen LogP contribution < -0.4 is 14.8 Å². The zero-order valence-corrected chi connectivity index (χ0v) is 15.4. The Hall–Kier alpha value is -2.06. The Bertz CT molecular complexity index is 716. The standard InChI is InChI=1S/C16H19N3O3S2/c1-4-22-13-10-11(6-8-12(13)21-3)7-9-14(20)17-15-18-19-16(24-15)23-5-2/h6-10H,4-5H2,1-3H3,(H,17,18,20). The monoisotopic (exact) mass is 365 g/mol. The molecule has 128 valence electrons. The van der Waals surface area contributed by atoms with Gasteiger partial charge in [0, 0.05) is 6.08 Å². The van der Waals surface area contributed by atoms with E-state index in [2.05, 4.69) is 15.5 Å². The number of nitrogens with zero attached hydrogens (tertiary/aromatic N) is 2. The minimum atomic E-state index is -0.257. The van der Waals surface area contributed by atoms with E-state index in [4.69, 9.17) is 9.47 Å². The van der Waals surface area contributed by atoms with Crippen LogP contribution in [-0.4, -0.2) is 35.6 Å². The number of anilines is 1. The van der Waals surface area contributed by atoms with E-state index in [0.717, 1.165) is 15.7 Å². The molecule has 0 aliphatic heterocycles. The van der Waals surface area contributed by atoms with Crippen LogP contribution in [0.4, 0.5) is 5.13 Å². The predicted octanol–water partition coefficient (Wildman–Crippen LogP) is 3.71. The molecule has 0 saturated heterocycles. The summed E-state index contributed by atoms with van der Waals surface area (Å²) in [6, 6.07) is 5.49. The van der Waals surface area contributed by atoms with Gasteiger partial charge in [-0.05, 0) is 36.4 Å². The van der Waals surface area contributed by atoms with Gasteiger partial charge in [0.15, 0.2) is 15.8 Å². The molecule has 1 N–H and O–H groups in total. The molecule has 0 saturated carbocycles. The normalized spacial score (nSPS) is 10.8. The molecule has 1 amide bonds. The van der Waals surface area contributed by atoms with E-state index in [1.807, 2.05) is 32.0 Å². The first-order valence-electron chi connectivity index (χ1n) is 7.42. The molecular weight excluding hydrogens is 346 g/mol. The summed E-state index contributed by atoms with van der Waals surface area (Å²) >= 11 is 2.95. The Kier molecular flexibility index (Phi) is 7.07. The van der Waals surface area contributed by atoms with Gasteiger partial charge in [0.2, 0.25) is 11.0 Å². The van der Waals surface area contributed by atoms with Gasteiger partial charge in [-0.3, -0.25) is 10.1 Å². The zero-order chi connectivity index (χ0) is 17.4. The van der Waals surface area contributed by atoms with Gasteiger partial charge in [-0.2, -0.15) is 0 Å². The number of carbonyl (C=O) groups is 1. The van der Waals surface area contributed by atoms with Gasteiger partial charge in [0.1, 0.15) is 0 Å². The molecule has 2 rings (SSSR count). The third-order valence-electron chi connectivity index (χ3n) is 2.82. The van der Waals surface area contributed by atoms with Crippen molar-refractivity contribution in [3.05, 3.63) is 29.8 Å². The van der Waals surface area contributed by atoms with Crippen molar-refractivity contribution in [1.29, 1.82) is 0 Å². The molecule has 0 fully saturated rings. The first-order valence-corrected chi connectivity index (χ1v) is 9.22. The lowest BCUT2D eigenvalue weighted by Crippen LogP contribution is -2.07. The first-order chi connectivity index (χ1) is 11.7. The van der Waals surface area contributed by atoms with E-state index in [9.17, 15) is 4.79 Å². The second kappa shape index (κ2) is 9.29. The zero-order valence-electron chi connectivity index (χ0n) is 13.7. The minimum Gasteiger partial charge on any atom is -0.493 e. The van der Waals surface area contributed by atoms with Crippen LogP contribution in [0.3, 0.4) is 0 Å². The molecule has 0 aliphatic rings. The van der Waals surface area contributed by atoms with Crippen molar-refractivity contribution in [3.8, 4) is 11.5 Å². The molecule has 1 heterocycles. The average Bonchev–Trinajstić information content (AvgIpc) is 3.01. The summed E-state index contributed by atoms with van der Waals surface area (Å²) in [5, 5.41) is 11.1. The maximum Gasteiger partial charge on any atom is 0.250 e. The average molecular weight is 365 g/mol. The van der Waals surface area contributed by atoms with Crippen molar-refractivity contribution in [3.63, 3.8) is 0 Å². The van der Waals surface area contributed by atoms with Crippen LogP contribution in [0.1, 0.15) is 19.4 Å². The third kappa shape index (κ3) is 5.24. The Labute approximate surface area is 149 Å². The maximum absolute atomic E-state index is 12.0. The number of hydrogen-bond acceptors (Lipinski definition) is 7. The molecule has 2 aromatic rings. The van der Waals surface area contributed by atoms with E-state index in [0.29, 0.717) is 23.2 Å². The summed E-state index contributed by atoms with van der Waals surface area (Å²) in [5.41, 5.74) is 0.842. The molecule has 6 nitrogen and oxygen atoms in total. The number of ether oxygens (including phenoxy) is 2. The van der Waals surface area contributed by atoms with Gasteiger partial charge in [-0.1, -0.05) is 36.1 Å². The van der Waals surface area contributed by atoms with Crippen molar-refractivity contribution in [1.82, 2.24) is 10.2 Å². The van der Waals surface area contributed by atoms with Crippen LogP contribution in [0.5, 0.6) is 11.5 Å². The minimum absolute atomic E-state index is 0.257. The predicted molar refractivity (Wildman–Crippen MR) is 98.1 cm³/mol. The fourth-order valence-electron chi connectivity index (χ4n) is 1.83. The van der Waals surface area contributed by atoms with E-state index >= 15 is 0 Å². The quantitative estimate of drug-likeness (QED) is 0.437. The molecule has 24 heavy (non-hydrogen) atoms. The maximum atomic E-state index is 12.0. The largest absolute Gasteiger partial charge is 0.493 e. The third-order valence-corrected chi connectivity index (χ3v) is 4.67. The summed E-state index contributed by atoms with van der Waals surface area (Å²) in [5.74, 6) is 1.97. The van der Waals surface area contributed by atoms with Gasteiger partial charge < -0.3 is 9.47 Å². The molecule has 8 heteroatoms. The Morgan fingerprint density at radius 2 is 2.17 bits per heavy atom. The number of aromatic nitrogens is 2. The molecule has 0 bridgehead atoms. The fourth-order valence-corrected chi connectivity index (χ4v) is 3.48. The van der Waals surface area contributed by atoms with E-state index < -0.39 is 0 Å². The molecular formula is C16H19N3O3S2. The van der Waals surface area contributed by atoms with Crippen molar-refractivity contribution < 1.29 is 14.3 Å². The lowest BCUT2D eigenvalue weighted by molar-refractivity contribution is -0.111. The second-order valence-electron chi connectivity index (χ2n) is 4.47. The van der Waals surface area contributed by atoms with Crippen LogP contribution in [0.2, 0.25) is 0 Å². The Morgan fingerprint density at radius 3 is 2.88 bits per heavy atom. The summed E-state index contributed by atoms with van der Waals surface area (Å²) in [6.45, 7) is 4.49. The highest BCUT2D eigenvalue weighted by Gasteiger charge is 2.07. The number of thioether (sulfide) groups is 1. The number of benzene rings is 1. The van der Waals surface area contributed by atoms with Gasteiger partial charge >= 0.3 is 0 Å². The fraction of sp³-hybridized carbons (Fsp3) is 0.312. The molecule has 0 atom stereocenters. The van der Waals surface area contributed by atoms with Crippen LogP contribution in [-0.2, 0) is 4.79 Å². The van der Waals surface area contributed by atoms with Gasteiger partial charge in [0.05, 0.1) is 13.7 Å². The summed E-state index contributed by atoms with van der Waals surface area (Å²) in [6.07, 6.45) is 3.16. The smallest absolute Gasteiger partial charge is 0.250 e. The Balaban J connectivity index is 2.01.